The average molecular weight is 266 g/mol. The van der Waals surface area contributed by atoms with Crippen LogP contribution >= 0.6 is 0 Å². The molecule has 0 bridgehead atoms. The number of benzene rings is 1. The summed E-state index contributed by atoms with van der Waals surface area (Å²) in [4.78, 5) is 18.3. The van der Waals surface area contributed by atoms with Crippen LogP contribution in [-0.4, -0.2) is 22.3 Å². The third-order valence-electron chi connectivity index (χ3n) is 3.17. The Hall–Kier alpha value is -2.42. The molecule has 2 rings (SSSR count). The minimum atomic E-state index is -0.0319. The second-order valence-electron chi connectivity index (χ2n) is 4.52. The van der Waals surface area contributed by atoms with Gasteiger partial charge in [-0.15, -0.1) is 0 Å². The first-order valence-electron chi connectivity index (χ1n) is 6.65. The summed E-state index contributed by atoms with van der Waals surface area (Å²) in [5, 5.41) is 0. The Morgan fingerprint density at radius 1 is 1.15 bits per heavy atom. The van der Waals surface area contributed by atoms with E-state index in [1.165, 1.54) is 0 Å². The van der Waals surface area contributed by atoms with Crippen molar-refractivity contribution in [3.05, 3.63) is 72.6 Å². The molecule has 0 atom stereocenters. The molecule has 3 nitrogen and oxygen atoms in total. The van der Waals surface area contributed by atoms with Crippen molar-refractivity contribution >= 4 is 11.5 Å². The zero-order valence-corrected chi connectivity index (χ0v) is 11.6. The molecule has 3 heteroatoms. The lowest BCUT2D eigenvalue weighted by molar-refractivity contribution is -0.125. The first-order valence-corrected chi connectivity index (χ1v) is 6.65. The second kappa shape index (κ2) is 6.66. The van der Waals surface area contributed by atoms with Gasteiger partial charge in [-0.05, 0) is 30.2 Å². The summed E-state index contributed by atoms with van der Waals surface area (Å²) in [6.45, 7) is 7.12. The van der Waals surface area contributed by atoms with Crippen molar-refractivity contribution in [3.63, 3.8) is 0 Å². The maximum absolute atomic E-state index is 12.5. The highest BCUT2D eigenvalue weighted by Crippen LogP contribution is 2.16. The third-order valence-corrected chi connectivity index (χ3v) is 3.17. The van der Waals surface area contributed by atoms with Gasteiger partial charge in [-0.2, -0.15) is 0 Å². The van der Waals surface area contributed by atoms with Gasteiger partial charge in [-0.25, -0.2) is 0 Å². The fourth-order valence-corrected chi connectivity index (χ4v) is 1.99. The minimum Gasteiger partial charge on any atom is -0.335 e. The van der Waals surface area contributed by atoms with Crippen molar-refractivity contribution in [1.29, 1.82) is 0 Å². The molecule has 2 aromatic rings. The predicted molar refractivity (Wildman–Crippen MR) is 80.8 cm³/mol. The molecule has 1 aromatic heterocycles. The zero-order valence-electron chi connectivity index (χ0n) is 11.6. The molecule has 0 N–H and O–H groups in total. The van der Waals surface area contributed by atoms with Gasteiger partial charge in [0.15, 0.2) is 0 Å². The van der Waals surface area contributed by atoms with Crippen LogP contribution in [0.15, 0.2) is 61.4 Å². The SMILES string of the molecule is C=C(C(=O)N(CC)Cc1ccncc1)c1ccccc1. The van der Waals surface area contributed by atoms with Crippen molar-refractivity contribution < 1.29 is 4.79 Å². The number of carbonyl (C=O) groups is 1. The van der Waals surface area contributed by atoms with Crippen molar-refractivity contribution in [2.75, 3.05) is 6.54 Å². The van der Waals surface area contributed by atoms with E-state index in [1.54, 1.807) is 17.3 Å². The van der Waals surface area contributed by atoms with E-state index in [9.17, 15) is 4.79 Å². The summed E-state index contributed by atoms with van der Waals surface area (Å²) < 4.78 is 0. The molecule has 1 aromatic carbocycles. The molecule has 0 saturated heterocycles. The topological polar surface area (TPSA) is 33.2 Å². The molecule has 0 unspecified atom stereocenters. The van der Waals surface area contributed by atoms with Crippen molar-refractivity contribution in [3.8, 4) is 0 Å². The Morgan fingerprint density at radius 3 is 2.40 bits per heavy atom. The molecule has 0 aliphatic heterocycles. The molecule has 0 aliphatic rings. The average Bonchev–Trinajstić information content (AvgIpc) is 2.53. The second-order valence-corrected chi connectivity index (χ2v) is 4.52. The zero-order chi connectivity index (χ0) is 14.4. The van der Waals surface area contributed by atoms with Crippen molar-refractivity contribution in [2.24, 2.45) is 0 Å². The van der Waals surface area contributed by atoms with Gasteiger partial charge in [-0.1, -0.05) is 36.9 Å². The van der Waals surface area contributed by atoms with Crippen LogP contribution in [0, 0.1) is 0 Å². The maximum atomic E-state index is 12.5. The number of nitrogens with zero attached hydrogens (tertiary/aromatic N) is 2. The number of amides is 1. The Labute approximate surface area is 119 Å². The van der Waals surface area contributed by atoms with Crippen LogP contribution in [0.5, 0.6) is 0 Å². The Bertz CT molecular complexity index is 578. The molecule has 102 valence electrons. The first kappa shape index (κ1) is 14.0. The number of aromatic nitrogens is 1. The summed E-state index contributed by atoms with van der Waals surface area (Å²) in [6.07, 6.45) is 3.47. The summed E-state index contributed by atoms with van der Waals surface area (Å²) in [6, 6.07) is 13.4. The smallest absolute Gasteiger partial charge is 0.254 e. The van der Waals surface area contributed by atoms with E-state index < -0.39 is 0 Å². The summed E-state index contributed by atoms with van der Waals surface area (Å²) >= 11 is 0. The highest BCUT2D eigenvalue weighted by molar-refractivity contribution is 6.18. The maximum Gasteiger partial charge on any atom is 0.254 e. The molecule has 0 saturated carbocycles. The van der Waals surface area contributed by atoms with E-state index in [0.717, 1.165) is 11.1 Å². The summed E-state index contributed by atoms with van der Waals surface area (Å²) in [7, 11) is 0. The van der Waals surface area contributed by atoms with Crippen LogP contribution in [0.25, 0.3) is 5.57 Å². The fraction of sp³-hybridized carbons (Fsp3) is 0.176. The number of rotatable bonds is 5. The number of hydrogen-bond acceptors (Lipinski definition) is 2. The van der Waals surface area contributed by atoms with Gasteiger partial charge in [0.25, 0.3) is 5.91 Å². The number of carbonyl (C=O) groups excluding carboxylic acids is 1. The van der Waals surface area contributed by atoms with Gasteiger partial charge < -0.3 is 4.90 Å². The van der Waals surface area contributed by atoms with Crippen LogP contribution < -0.4 is 0 Å². The van der Waals surface area contributed by atoms with E-state index in [0.29, 0.717) is 18.7 Å². The molecular weight excluding hydrogens is 248 g/mol. The molecule has 0 aliphatic carbocycles. The van der Waals surface area contributed by atoms with Crippen LogP contribution in [0.3, 0.4) is 0 Å². The first-order chi connectivity index (χ1) is 9.72. The lowest BCUT2D eigenvalue weighted by Gasteiger charge is -2.22. The summed E-state index contributed by atoms with van der Waals surface area (Å²) in [5.74, 6) is -0.0319. The quantitative estimate of drug-likeness (QED) is 0.779. The standard InChI is InChI=1S/C17H18N2O/c1-3-19(13-15-9-11-18-12-10-15)17(20)14(2)16-7-5-4-6-8-16/h4-12H,2-3,13H2,1H3. The number of hydrogen-bond donors (Lipinski definition) is 0. The number of pyridine rings is 1. The molecular formula is C17H18N2O. The van der Waals surface area contributed by atoms with Crippen LogP contribution in [0.1, 0.15) is 18.1 Å². The molecule has 20 heavy (non-hydrogen) atoms. The number of likely N-dealkylation sites (N-methyl/N-ethyl adjacent to an activating group) is 1. The fourth-order valence-electron chi connectivity index (χ4n) is 1.99. The van der Waals surface area contributed by atoms with Crippen molar-refractivity contribution in [2.45, 2.75) is 13.5 Å². The lowest BCUT2D eigenvalue weighted by atomic mass is 10.1. The van der Waals surface area contributed by atoms with Gasteiger partial charge in [0.2, 0.25) is 0 Å². The monoisotopic (exact) mass is 266 g/mol. The Kier molecular flexibility index (Phi) is 4.66. The molecule has 0 spiro atoms. The Morgan fingerprint density at radius 2 is 1.80 bits per heavy atom. The summed E-state index contributed by atoms with van der Waals surface area (Å²) in [5.41, 5.74) is 2.46. The predicted octanol–water partition coefficient (Wildman–Crippen LogP) is 3.14. The van der Waals surface area contributed by atoms with Crippen LogP contribution in [0.2, 0.25) is 0 Å². The van der Waals surface area contributed by atoms with Gasteiger partial charge in [0.05, 0.1) is 0 Å². The van der Waals surface area contributed by atoms with Crippen molar-refractivity contribution in [1.82, 2.24) is 9.88 Å². The van der Waals surface area contributed by atoms with Crippen LogP contribution in [-0.2, 0) is 11.3 Å². The van der Waals surface area contributed by atoms with Gasteiger partial charge >= 0.3 is 0 Å². The van der Waals surface area contributed by atoms with E-state index in [-0.39, 0.29) is 5.91 Å². The largest absolute Gasteiger partial charge is 0.335 e. The van der Waals surface area contributed by atoms with Gasteiger partial charge in [-0.3, -0.25) is 9.78 Å². The van der Waals surface area contributed by atoms with E-state index in [2.05, 4.69) is 11.6 Å². The molecule has 0 fully saturated rings. The van der Waals surface area contributed by atoms with Gasteiger partial charge in [0, 0.05) is 31.1 Å². The minimum absolute atomic E-state index is 0.0319. The third kappa shape index (κ3) is 3.32. The molecule has 0 radical (unpaired) electrons. The highest BCUT2D eigenvalue weighted by Gasteiger charge is 2.16. The molecule has 1 heterocycles. The highest BCUT2D eigenvalue weighted by atomic mass is 16.2. The Balaban J connectivity index is 2.12. The lowest BCUT2D eigenvalue weighted by Crippen LogP contribution is -2.30. The van der Waals surface area contributed by atoms with Crippen LogP contribution in [0.4, 0.5) is 0 Å². The van der Waals surface area contributed by atoms with Gasteiger partial charge in [0.1, 0.15) is 0 Å². The van der Waals surface area contributed by atoms with E-state index >= 15 is 0 Å². The van der Waals surface area contributed by atoms with E-state index in [4.69, 9.17) is 0 Å². The normalized spacial score (nSPS) is 10.1. The van der Waals surface area contributed by atoms with E-state index in [1.807, 2.05) is 49.4 Å². The molecule has 1 amide bonds.